The molecule has 0 atom stereocenters. The van der Waals surface area contributed by atoms with Crippen LogP contribution in [0.2, 0.25) is 0 Å². The first-order valence-corrected chi connectivity index (χ1v) is 5.39. The van der Waals surface area contributed by atoms with Crippen LogP contribution in [0.5, 0.6) is 0 Å². The Kier molecular flexibility index (Phi) is 2.57. The standard InChI is InChI=1S/C13H9FN4/c14-12-2-1-10(18-6-5-16-9-18)7-11(12)13-8-15-3-4-17-13/h1-9H. The maximum atomic E-state index is 13.8. The number of rotatable bonds is 2. The van der Waals surface area contributed by atoms with E-state index in [1.165, 1.54) is 12.3 Å². The van der Waals surface area contributed by atoms with Gasteiger partial charge in [0, 0.05) is 36.0 Å². The van der Waals surface area contributed by atoms with E-state index in [0.717, 1.165) is 5.69 Å². The minimum absolute atomic E-state index is 0.320. The van der Waals surface area contributed by atoms with Crippen LogP contribution < -0.4 is 0 Å². The van der Waals surface area contributed by atoms with E-state index >= 15 is 0 Å². The summed E-state index contributed by atoms with van der Waals surface area (Å²) in [7, 11) is 0. The Morgan fingerprint density at radius 2 is 2.00 bits per heavy atom. The summed E-state index contributed by atoms with van der Waals surface area (Å²) in [4.78, 5) is 12.0. The van der Waals surface area contributed by atoms with Gasteiger partial charge in [0.05, 0.1) is 18.2 Å². The molecule has 3 aromatic rings. The highest BCUT2D eigenvalue weighted by molar-refractivity contribution is 5.62. The molecular formula is C13H9FN4. The van der Waals surface area contributed by atoms with Crippen LogP contribution in [0.25, 0.3) is 16.9 Å². The highest BCUT2D eigenvalue weighted by Gasteiger charge is 2.08. The molecule has 0 saturated carbocycles. The Morgan fingerprint density at radius 1 is 1.06 bits per heavy atom. The Hall–Kier alpha value is -2.56. The number of hydrogen-bond donors (Lipinski definition) is 0. The molecule has 0 aliphatic carbocycles. The van der Waals surface area contributed by atoms with E-state index in [0.29, 0.717) is 11.3 Å². The summed E-state index contributed by atoms with van der Waals surface area (Å²) in [6.07, 6.45) is 9.77. The van der Waals surface area contributed by atoms with E-state index in [9.17, 15) is 4.39 Å². The summed E-state index contributed by atoms with van der Waals surface area (Å²) < 4.78 is 15.6. The lowest BCUT2D eigenvalue weighted by Crippen LogP contribution is -1.94. The van der Waals surface area contributed by atoms with Gasteiger partial charge in [-0.15, -0.1) is 0 Å². The van der Waals surface area contributed by atoms with E-state index in [1.807, 2.05) is 0 Å². The van der Waals surface area contributed by atoms with Gasteiger partial charge >= 0.3 is 0 Å². The Labute approximate surface area is 103 Å². The molecule has 0 aliphatic rings. The molecule has 0 fully saturated rings. The molecule has 4 nitrogen and oxygen atoms in total. The van der Waals surface area contributed by atoms with Crippen LogP contribution in [0.4, 0.5) is 4.39 Å². The number of hydrogen-bond acceptors (Lipinski definition) is 3. The second-order valence-electron chi connectivity index (χ2n) is 3.72. The van der Waals surface area contributed by atoms with Gasteiger partial charge in [0.1, 0.15) is 5.82 Å². The van der Waals surface area contributed by atoms with E-state index in [1.54, 1.807) is 47.8 Å². The van der Waals surface area contributed by atoms with Crippen LogP contribution in [0.3, 0.4) is 0 Å². The second kappa shape index (κ2) is 4.37. The first kappa shape index (κ1) is 10.6. The lowest BCUT2D eigenvalue weighted by Gasteiger charge is -2.06. The van der Waals surface area contributed by atoms with Gasteiger partial charge in [0.2, 0.25) is 0 Å². The minimum atomic E-state index is -0.320. The SMILES string of the molecule is Fc1ccc(-n2ccnc2)cc1-c1cnccn1. The molecule has 5 heteroatoms. The smallest absolute Gasteiger partial charge is 0.132 e. The van der Waals surface area contributed by atoms with Gasteiger partial charge in [0.25, 0.3) is 0 Å². The van der Waals surface area contributed by atoms with Crippen LogP contribution in [-0.2, 0) is 0 Å². The molecule has 0 amide bonds. The monoisotopic (exact) mass is 240 g/mol. The summed E-state index contributed by atoms with van der Waals surface area (Å²) in [5.41, 5.74) is 1.76. The molecular weight excluding hydrogens is 231 g/mol. The number of benzene rings is 1. The van der Waals surface area contributed by atoms with E-state index in [-0.39, 0.29) is 5.82 Å². The summed E-state index contributed by atoms with van der Waals surface area (Å²) in [6, 6.07) is 4.83. The van der Waals surface area contributed by atoms with E-state index < -0.39 is 0 Å². The van der Waals surface area contributed by atoms with Crippen LogP contribution in [0.15, 0.2) is 55.5 Å². The van der Waals surface area contributed by atoms with Crippen molar-refractivity contribution < 1.29 is 4.39 Å². The average molecular weight is 240 g/mol. The largest absolute Gasteiger partial charge is 0.306 e. The van der Waals surface area contributed by atoms with Gasteiger partial charge in [-0.2, -0.15) is 0 Å². The molecule has 1 aromatic carbocycles. The van der Waals surface area contributed by atoms with Gasteiger partial charge in [-0.3, -0.25) is 9.97 Å². The molecule has 18 heavy (non-hydrogen) atoms. The minimum Gasteiger partial charge on any atom is -0.306 e. The van der Waals surface area contributed by atoms with Crippen molar-refractivity contribution in [3.63, 3.8) is 0 Å². The van der Waals surface area contributed by atoms with Crippen molar-refractivity contribution in [3.8, 4) is 16.9 Å². The van der Waals surface area contributed by atoms with Gasteiger partial charge < -0.3 is 4.57 Å². The van der Waals surface area contributed by atoms with Gasteiger partial charge in [0.15, 0.2) is 0 Å². The van der Waals surface area contributed by atoms with Crippen LogP contribution >= 0.6 is 0 Å². The van der Waals surface area contributed by atoms with Gasteiger partial charge in [-0.25, -0.2) is 9.37 Å². The van der Waals surface area contributed by atoms with Crippen LogP contribution in [0, 0.1) is 5.82 Å². The summed E-state index contributed by atoms with van der Waals surface area (Å²) >= 11 is 0. The Bertz CT molecular complexity index is 650. The summed E-state index contributed by atoms with van der Waals surface area (Å²) in [5, 5.41) is 0. The fourth-order valence-corrected chi connectivity index (χ4v) is 1.72. The van der Waals surface area contributed by atoms with Crippen molar-refractivity contribution in [3.05, 3.63) is 61.3 Å². The first-order chi connectivity index (χ1) is 8.84. The summed E-state index contributed by atoms with van der Waals surface area (Å²) in [6.45, 7) is 0. The van der Waals surface area contributed by atoms with Crippen molar-refractivity contribution in [1.29, 1.82) is 0 Å². The van der Waals surface area contributed by atoms with Crippen molar-refractivity contribution in [2.45, 2.75) is 0 Å². The molecule has 0 radical (unpaired) electrons. The van der Waals surface area contributed by atoms with Crippen LogP contribution in [0.1, 0.15) is 0 Å². The lowest BCUT2D eigenvalue weighted by atomic mass is 10.1. The number of halogens is 1. The zero-order chi connectivity index (χ0) is 12.4. The van der Waals surface area contributed by atoms with Gasteiger partial charge in [-0.1, -0.05) is 0 Å². The second-order valence-corrected chi connectivity index (χ2v) is 3.72. The molecule has 2 heterocycles. The normalized spacial score (nSPS) is 10.5. The van der Waals surface area contributed by atoms with Crippen molar-refractivity contribution >= 4 is 0 Å². The zero-order valence-electron chi connectivity index (χ0n) is 9.36. The molecule has 0 spiro atoms. The predicted octanol–water partition coefficient (Wildman–Crippen LogP) is 2.47. The third kappa shape index (κ3) is 1.86. The third-order valence-corrected chi connectivity index (χ3v) is 2.59. The molecule has 88 valence electrons. The van der Waals surface area contributed by atoms with E-state index in [4.69, 9.17) is 0 Å². The van der Waals surface area contributed by atoms with Crippen molar-refractivity contribution in [2.24, 2.45) is 0 Å². The van der Waals surface area contributed by atoms with Crippen molar-refractivity contribution in [1.82, 2.24) is 19.5 Å². The number of imidazole rings is 1. The maximum Gasteiger partial charge on any atom is 0.132 e. The molecule has 0 N–H and O–H groups in total. The molecule has 3 rings (SSSR count). The van der Waals surface area contributed by atoms with E-state index in [2.05, 4.69) is 15.0 Å². The average Bonchev–Trinajstić information content (AvgIpc) is 2.94. The third-order valence-electron chi connectivity index (χ3n) is 2.59. The number of nitrogens with zero attached hydrogens (tertiary/aromatic N) is 4. The topological polar surface area (TPSA) is 43.6 Å². The molecule has 2 aromatic heterocycles. The van der Waals surface area contributed by atoms with Gasteiger partial charge in [-0.05, 0) is 18.2 Å². The Balaban J connectivity index is 2.13. The molecule has 0 bridgehead atoms. The fraction of sp³-hybridized carbons (Fsp3) is 0. The fourth-order valence-electron chi connectivity index (χ4n) is 1.72. The van der Waals surface area contributed by atoms with Crippen molar-refractivity contribution in [2.75, 3.05) is 0 Å². The summed E-state index contributed by atoms with van der Waals surface area (Å²) in [5.74, 6) is -0.320. The lowest BCUT2D eigenvalue weighted by molar-refractivity contribution is 0.630. The Morgan fingerprint density at radius 3 is 2.72 bits per heavy atom. The number of aromatic nitrogens is 4. The molecule has 0 aliphatic heterocycles. The van der Waals surface area contributed by atoms with Crippen LogP contribution in [-0.4, -0.2) is 19.5 Å². The highest BCUT2D eigenvalue weighted by atomic mass is 19.1. The zero-order valence-corrected chi connectivity index (χ0v) is 9.36. The molecule has 0 saturated heterocycles. The quantitative estimate of drug-likeness (QED) is 0.691. The highest BCUT2D eigenvalue weighted by Crippen LogP contribution is 2.22. The first-order valence-electron chi connectivity index (χ1n) is 5.39. The predicted molar refractivity (Wildman–Crippen MR) is 64.5 cm³/mol. The molecule has 0 unspecified atom stereocenters. The maximum absolute atomic E-state index is 13.8.